The molecular formula is C14H18FNO2. The molecule has 1 aliphatic carbocycles. The number of hydrogen-bond donors (Lipinski definition) is 1. The van der Waals surface area contributed by atoms with Crippen LogP contribution in [0.25, 0.3) is 0 Å². The molecule has 1 aliphatic rings. The Morgan fingerprint density at radius 1 is 1.56 bits per heavy atom. The van der Waals surface area contributed by atoms with Gasteiger partial charge in [-0.25, -0.2) is 4.39 Å². The second-order valence-electron chi connectivity index (χ2n) is 5.08. The first-order valence-corrected chi connectivity index (χ1v) is 6.22. The molecule has 0 amide bonds. The molecule has 0 spiro atoms. The number of likely N-dealkylation sites (N-methyl/N-ethyl adjacent to an activating group) is 1. The zero-order valence-electron chi connectivity index (χ0n) is 10.5. The minimum absolute atomic E-state index is 0.151. The van der Waals surface area contributed by atoms with Crippen molar-refractivity contribution in [2.45, 2.75) is 12.8 Å². The molecule has 1 fully saturated rings. The fraction of sp³-hybridized carbons (Fsp3) is 0.500. The Kier molecular flexibility index (Phi) is 3.97. The lowest BCUT2D eigenvalue weighted by atomic mass is 10.1. The Hall–Kier alpha value is -1.42. The third-order valence-electron chi connectivity index (χ3n) is 3.46. The molecule has 98 valence electrons. The largest absolute Gasteiger partial charge is 0.481 e. The van der Waals surface area contributed by atoms with Gasteiger partial charge in [-0.3, -0.25) is 4.79 Å². The second-order valence-corrected chi connectivity index (χ2v) is 5.08. The van der Waals surface area contributed by atoms with Crippen LogP contribution < -0.4 is 0 Å². The first-order chi connectivity index (χ1) is 8.56. The van der Waals surface area contributed by atoms with Gasteiger partial charge in [-0.05, 0) is 43.5 Å². The maximum atomic E-state index is 13.0. The molecule has 4 heteroatoms. The first kappa shape index (κ1) is 13.0. The van der Waals surface area contributed by atoms with E-state index in [0.29, 0.717) is 5.92 Å². The summed E-state index contributed by atoms with van der Waals surface area (Å²) >= 11 is 0. The van der Waals surface area contributed by atoms with Gasteiger partial charge < -0.3 is 10.0 Å². The van der Waals surface area contributed by atoms with E-state index in [0.717, 1.165) is 31.5 Å². The number of carboxylic acids is 1. The number of carbonyl (C=O) groups is 1. The van der Waals surface area contributed by atoms with Crippen LogP contribution in [0, 0.1) is 17.7 Å². The van der Waals surface area contributed by atoms with Crippen molar-refractivity contribution in [2.75, 3.05) is 20.1 Å². The van der Waals surface area contributed by atoms with E-state index in [1.54, 1.807) is 12.1 Å². The van der Waals surface area contributed by atoms with Crippen molar-refractivity contribution >= 4 is 5.97 Å². The molecule has 0 aliphatic heterocycles. The minimum atomic E-state index is -0.682. The molecule has 0 saturated heterocycles. The molecule has 1 aromatic carbocycles. The van der Waals surface area contributed by atoms with Crippen molar-refractivity contribution in [3.05, 3.63) is 35.6 Å². The monoisotopic (exact) mass is 251 g/mol. The zero-order chi connectivity index (χ0) is 13.1. The van der Waals surface area contributed by atoms with Gasteiger partial charge in [-0.15, -0.1) is 0 Å². The fourth-order valence-electron chi connectivity index (χ4n) is 2.26. The van der Waals surface area contributed by atoms with Crippen LogP contribution in [-0.2, 0) is 11.2 Å². The lowest BCUT2D eigenvalue weighted by Crippen LogP contribution is -2.24. The molecule has 1 aromatic rings. The molecule has 0 aromatic heterocycles. The van der Waals surface area contributed by atoms with Gasteiger partial charge in [0.15, 0.2) is 0 Å². The van der Waals surface area contributed by atoms with E-state index in [2.05, 4.69) is 4.90 Å². The smallest absolute Gasteiger partial charge is 0.306 e. The van der Waals surface area contributed by atoms with Crippen molar-refractivity contribution in [2.24, 2.45) is 11.8 Å². The highest BCUT2D eigenvalue weighted by Gasteiger charge is 2.43. The van der Waals surface area contributed by atoms with Crippen molar-refractivity contribution in [1.29, 1.82) is 0 Å². The summed E-state index contributed by atoms with van der Waals surface area (Å²) in [5.74, 6) is -0.747. The number of hydrogen-bond acceptors (Lipinski definition) is 2. The summed E-state index contributed by atoms with van der Waals surface area (Å²) in [5, 5.41) is 8.81. The molecule has 2 atom stereocenters. The van der Waals surface area contributed by atoms with Crippen LogP contribution >= 0.6 is 0 Å². The van der Waals surface area contributed by atoms with Gasteiger partial charge in [-0.2, -0.15) is 0 Å². The van der Waals surface area contributed by atoms with E-state index < -0.39 is 5.97 Å². The van der Waals surface area contributed by atoms with Crippen molar-refractivity contribution in [3.8, 4) is 0 Å². The van der Waals surface area contributed by atoms with Gasteiger partial charge in [0.1, 0.15) is 5.82 Å². The summed E-state index contributed by atoms with van der Waals surface area (Å²) in [6.07, 6.45) is 1.58. The lowest BCUT2D eigenvalue weighted by molar-refractivity contribution is -0.138. The van der Waals surface area contributed by atoms with E-state index in [1.807, 2.05) is 13.1 Å². The van der Waals surface area contributed by atoms with Crippen LogP contribution in [0.5, 0.6) is 0 Å². The molecular weight excluding hydrogens is 233 g/mol. The Labute approximate surface area is 106 Å². The molecule has 0 bridgehead atoms. The summed E-state index contributed by atoms with van der Waals surface area (Å²) in [6, 6.07) is 6.61. The van der Waals surface area contributed by atoms with Gasteiger partial charge >= 0.3 is 5.97 Å². The third kappa shape index (κ3) is 3.53. The maximum Gasteiger partial charge on any atom is 0.306 e. The zero-order valence-corrected chi connectivity index (χ0v) is 10.5. The maximum absolute atomic E-state index is 13.0. The highest BCUT2D eigenvalue weighted by molar-refractivity contribution is 5.73. The predicted octanol–water partition coefficient (Wildman–Crippen LogP) is 2.02. The molecule has 18 heavy (non-hydrogen) atoms. The average Bonchev–Trinajstić information content (AvgIpc) is 3.06. The number of carboxylic acid groups (broad SMARTS) is 1. The van der Waals surface area contributed by atoms with Gasteiger partial charge in [0.25, 0.3) is 0 Å². The Balaban J connectivity index is 1.72. The van der Waals surface area contributed by atoms with Gasteiger partial charge in [0, 0.05) is 13.1 Å². The quantitative estimate of drug-likeness (QED) is 0.841. The number of aliphatic carboxylic acids is 1. The summed E-state index contributed by atoms with van der Waals surface area (Å²) in [7, 11) is 1.98. The predicted molar refractivity (Wildman–Crippen MR) is 66.8 cm³/mol. The van der Waals surface area contributed by atoms with Gasteiger partial charge in [-0.1, -0.05) is 12.1 Å². The molecule has 2 unspecified atom stereocenters. The number of rotatable bonds is 6. The highest BCUT2D eigenvalue weighted by Crippen LogP contribution is 2.38. The molecule has 0 heterocycles. The van der Waals surface area contributed by atoms with Crippen LogP contribution in [0.3, 0.4) is 0 Å². The van der Waals surface area contributed by atoms with E-state index >= 15 is 0 Å². The van der Waals surface area contributed by atoms with Crippen LogP contribution in [0.15, 0.2) is 24.3 Å². The molecule has 1 saturated carbocycles. The summed E-state index contributed by atoms with van der Waals surface area (Å²) in [5.41, 5.74) is 0.979. The molecule has 0 radical (unpaired) electrons. The van der Waals surface area contributed by atoms with Crippen LogP contribution in [0.4, 0.5) is 4.39 Å². The van der Waals surface area contributed by atoms with Crippen LogP contribution in [-0.4, -0.2) is 36.1 Å². The highest BCUT2D eigenvalue weighted by atomic mass is 19.1. The molecule has 3 nitrogen and oxygen atoms in total. The van der Waals surface area contributed by atoms with E-state index in [4.69, 9.17) is 5.11 Å². The number of nitrogens with zero attached hydrogens (tertiary/aromatic N) is 1. The van der Waals surface area contributed by atoms with Crippen LogP contribution in [0.1, 0.15) is 12.0 Å². The number of halogens is 1. The first-order valence-electron chi connectivity index (χ1n) is 6.22. The van der Waals surface area contributed by atoms with Gasteiger partial charge in [0.05, 0.1) is 5.92 Å². The average molecular weight is 251 g/mol. The third-order valence-corrected chi connectivity index (χ3v) is 3.46. The summed E-state index contributed by atoms with van der Waals surface area (Å²) in [6.45, 7) is 1.64. The Bertz CT molecular complexity index is 436. The minimum Gasteiger partial charge on any atom is -0.481 e. The van der Waals surface area contributed by atoms with E-state index in [-0.39, 0.29) is 11.7 Å². The topological polar surface area (TPSA) is 40.5 Å². The van der Waals surface area contributed by atoms with Crippen molar-refractivity contribution in [3.63, 3.8) is 0 Å². The Morgan fingerprint density at radius 3 is 2.94 bits per heavy atom. The molecule has 1 N–H and O–H groups in total. The normalized spacial score (nSPS) is 22.2. The number of benzene rings is 1. The summed E-state index contributed by atoms with van der Waals surface area (Å²) < 4.78 is 13.0. The van der Waals surface area contributed by atoms with E-state index in [1.165, 1.54) is 6.07 Å². The Morgan fingerprint density at radius 2 is 2.33 bits per heavy atom. The van der Waals surface area contributed by atoms with Crippen molar-refractivity contribution in [1.82, 2.24) is 4.90 Å². The van der Waals surface area contributed by atoms with Gasteiger partial charge in [0.2, 0.25) is 0 Å². The van der Waals surface area contributed by atoms with Crippen molar-refractivity contribution < 1.29 is 14.3 Å². The lowest BCUT2D eigenvalue weighted by Gasteiger charge is -2.16. The van der Waals surface area contributed by atoms with E-state index in [9.17, 15) is 9.18 Å². The summed E-state index contributed by atoms with van der Waals surface area (Å²) in [4.78, 5) is 12.8. The SMILES string of the molecule is CN(CCc1cccc(F)c1)CC1CC1C(=O)O. The standard InChI is InChI=1S/C14H18FNO2/c1-16(9-11-8-13(11)14(17)18)6-5-10-3-2-4-12(15)7-10/h2-4,7,11,13H,5-6,8-9H2,1H3,(H,17,18). The van der Waals surface area contributed by atoms with Crippen LogP contribution in [0.2, 0.25) is 0 Å². The second kappa shape index (κ2) is 5.48. The molecule has 2 rings (SSSR count). The fourth-order valence-corrected chi connectivity index (χ4v) is 2.26.